The fourth-order valence-electron chi connectivity index (χ4n) is 6.44. The fraction of sp³-hybridized carbons (Fsp3) is 0.188. The molecule has 0 saturated heterocycles. The van der Waals surface area contributed by atoms with Crippen LogP contribution in [-0.2, 0) is 13.5 Å². The number of hydrogen-bond acceptors (Lipinski definition) is 1. The van der Waals surface area contributed by atoms with Crippen molar-refractivity contribution in [1.29, 1.82) is 5.26 Å². The molecule has 0 aliphatic carbocycles. The largest absolute Gasteiger partial charge is 0.307 e. The van der Waals surface area contributed by atoms with Crippen molar-refractivity contribution < 1.29 is 4.57 Å². The van der Waals surface area contributed by atoms with E-state index in [4.69, 9.17) is 0 Å². The summed E-state index contributed by atoms with van der Waals surface area (Å²) < 4.78 is 4.77. The molecule has 3 heterocycles. The number of aromatic nitrogens is 2. The van der Waals surface area contributed by atoms with Crippen LogP contribution in [0.25, 0.3) is 59.8 Å². The molecule has 0 aliphatic heterocycles. The van der Waals surface area contributed by atoms with E-state index in [9.17, 15) is 5.26 Å². The summed E-state index contributed by atoms with van der Waals surface area (Å²) in [6.07, 6.45) is 3.17. The molecule has 0 radical (unpaired) electrons. The van der Waals surface area contributed by atoms with Crippen LogP contribution in [0, 0.1) is 24.2 Å². The topological polar surface area (TPSA) is 32.1 Å². The van der Waals surface area contributed by atoms with Crippen molar-refractivity contribution in [2.45, 2.75) is 27.2 Å². The zero-order valence-corrected chi connectivity index (χ0v) is 20.5. The Labute approximate surface area is 203 Å². The lowest BCUT2D eigenvalue weighted by Crippen LogP contribution is -2.29. The zero-order valence-electron chi connectivity index (χ0n) is 20.5. The molecule has 0 bridgehead atoms. The van der Waals surface area contributed by atoms with Crippen LogP contribution in [0.4, 0.5) is 0 Å². The highest BCUT2D eigenvalue weighted by Crippen LogP contribution is 2.44. The first-order chi connectivity index (χ1) is 17.0. The molecule has 0 aliphatic rings. The van der Waals surface area contributed by atoms with Gasteiger partial charge in [-0.25, -0.2) is 4.57 Å². The first-order valence-corrected chi connectivity index (χ1v) is 12.3. The second-order valence-corrected chi connectivity index (χ2v) is 10.3. The molecule has 7 rings (SSSR count). The maximum Gasteiger partial charge on any atom is 0.224 e. The summed E-state index contributed by atoms with van der Waals surface area (Å²) in [6, 6.07) is 24.1. The highest BCUT2D eigenvalue weighted by molar-refractivity contribution is 6.29. The minimum atomic E-state index is 0.513. The molecule has 168 valence electrons. The van der Waals surface area contributed by atoms with Gasteiger partial charge in [0.05, 0.1) is 39.0 Å². The molecule has 0 atom stereocenters. The molecule has 0 saturated carbocycles. The normalized spacial score (nSPS) is 12.3. The van der Waals surface area contributed by atoms with Gasteiger partial charge in [-0.05, 0) is 58.7 Å². The predicted molar refractivity (Wildman–Crippen MR) is 145 cm³/mol. The van der Waals surface area contributed by atoms with Gasteiger partial charge in [-0.3, -0.25) is 0 Å². The van der Waals surface area contributed by atoms with Gasteiger partial charge < -0.3 is 4.40 Å². The van der Waals surface area contributed by atoms with Gasteiger partial charge in [0.2, 0.25) is 5.52 Å². The van der Waals surface area contributed by atoms with E-state index in [0.29, 0.717) is 5.92 Å². The Balaban J connectivity index is 1.97. The van der Waals surface area contributed by atoms with Gasteiger partial charge in [-0.15, -0.1) is 0 Å². The summed E-state index contributed by atoms with van der Waals surface area (Å²) in [6.45, 7) is 6.88. The Morgan fingerprint density at radius 2 is 1.66 bits per heavy atom. The van der Waals surface area contributed by atoms with E-state index in [1.807, 2.05) is 12.1 Å². The molecule has 0 fully saturated rings. The Bertz CT molecular complexity index is 2030. The Morgan fingerprint density at radius 3 is 2.43 bits per heavy atom. The van der Waals surface area contributed by atoms with Crippen molar-refractivity contribution in [3.8, 4) is 6.07 Å². The number of aryl methyl sites for hydroxylation is 2. The Morgan fingerprint density at radius 1 is 0.857 bits per heavy atom. The van der Waals surface area contributed by atoms with Crippen molar-refractivity contribution in [3.05, 3.63) is 83.6 Å². The van der Waals surface area contributed by atoms with Crippen molar-refractivity contribution in [3.63, 3.8) is 0 Å². The molecule has 3 heteroatoms. The number of pyridine rings is 2. The molecule has 0 amide bonds. The monoisotopic (exact) mass is 452 g/mol. The van der Waals surface area contributed by atoms with Gasteiger partial charge in [-0.2, -0.15) is 5.26 Å². The van der Waals surface area contributed by atoms with Gasteiger partial charge in [0, 0.05) is 16.8 Å². The fourth-order valence-corrected chi connectivity index (χ4v) is 6.44. The van der Waals surface area contributed by atoms with E-state index in [1.54, 1.807) is 0 Å². The lowest BCUT2D eigenvalue weighted by atomic mass is 9.89. The van der Waals surface area contributed by atoms with E-state index in [0.717, 1.165) is 28.3 Å². The first-order valence-electron chi connectivity index (χ1n) is 12.3. The summed E-state index contributed by atoms with van der Waals surface area (Å²) in [5, 5.41) is 18.7. The molecular weight excluding hydrogens is 426 g/mol. The minimum absolute atomic E-state index is 0.513. The van der Waals surface area contributed by atoms with Crippen molar-refractivity contribution in [2.75, 3.05) is 0 Å². The van der Waals surface area contributed by atoms with Gasteiger partial charge in [0.25, 0.3) is 0 Å². The maximum atomic E-state index is 10.0. The zero-order chi connectivity index (χ0) is 24.0. The molecular formula is C32H26N3+. The van der Waals surface area contributed by atoms with E-state index >= 15 is 0 Å². The summed E-state index contributed by atoms with van der Waals surface area (Å²) in [5.41, 5.74) is 8.33. The van der Waals surface area contributed by atoms with Crippen molar-refractivity contribution in [1.82, 2.24) is 4.40 Å². The van der Waals surface area contributed by atoms with Gasteiger partial charge in [-0.1, -0.05) is 56.3 Å². The van der Waals surface area contributed by atoms with Crippen LogP contribution in [0.1, 0.15) is 30.5 Å². The molecule has 7 aromatic rings. The molecule has 0 N–H and O–H groups in total. The van der Waals surface area contributed by atoms with Crippen LogP contribution in [0.3, 0.4) is 0 Å². The third kappa shape index (κ3) is 2.47. The summed E-state index contributed by atoms with van der Waals surface area (Å²) >= 11 is 0. The lowest BCUT2D eigenvalue weighted by Gasteiger charge is -2.20. The highest BCUT2D eigenvalue weighted by atomic mass is 15.0. The quantitative estimate of drug-likeness (QED) is 0.153. The van der Waals surface area contributed by atoms with Gasteiger partial charge in [0.15, 0.2) is 6.20 Å². The molecule has 3 nitrogen and oxygen atoms in total. The predicted octanol–water partition coefficient (Wildman–Crippen LogP) is 7.35. The second-order valence-electron chi connectivity index (χ2n) is 10.3. The number of hydrogen-bond donors (Lipinski definition) is 0. The van der Waals surface area contributed by atoms with E-state index in [1.165, 1.54) is 54.6 Å². The summed E-state index contributed by atoms with van der Waals surface area (Å²) in [5.74, 6) is 0.513. The molecule has 0 spiro atoms. The average Bonchev–Trinajstić information content (AvgIpc) is 3.21. The Hall–Kier alpha value is -4.16. The second kappa shape index (κ2) is 6.93. The number of nitriles is 1. The third-order valence-electron chi connectivity index (χ3n) is 7.80. The van der Waals surface area contributed by atoms with E-state index in [-0.39, 0.29) is 0 Å². The number of rotatable bonds is 2. The van der Waals surface area contributed by atoms with Crippen LogP contribution in [0.15, 0.2) is 66.9 Å². The van der Waals surface area contributed by atoms with E-state index in [2.05, 4.69) is 97.6 Å². The van der Waals surface area contributed by atoms with Crippen LogP contribution < -0.4 is 4.57 Å². The van der Waals surface area contributed by atoms with Crippen LogP contribution in [0.2, 0.25) is 0 Å². The molecule has 3 aromatic heterocycles. The molecule has 35 heavy (non-hydrogen) atoms. The number of benzene rings is 4. The third-order valence-corrected chi connectivity index (χ3v) is 7.80. The van der Waals surface area contributed by atoms with E-state index < -0.39 is 0 Å². The highest BCUT2D eigenvalue weighted by Gasteiger charge is 2.27. The Kier molecular flexibility index (Phi) is 4.01. The van der Waals surface area contributed by atoms with Crippen LogP contribution >= 0.6 is 0 Å². The van der Waals surface area contributed by atoms with Crippen molar-refractivity contribution >= 4 is 59.8 Å². The standard InChI is InChI=1S/C32H26N3/c1-18(2)16-25-23-10-6-5-9-22(23)19(3)27-31(25)35-26-11-7-8-21(17-33)28(26)24-13-12-20-14-15-34(4)32(27)29(20)30(24)35/h5-15,18H,16H2,1-4H3/q+1. The number of nitrogens with zero attached hydrogens (tertiary/aromatic N) is 3. The molecule has 0 unspecified atom stereocenters. The SMILES string of the molecule is Cc1c2ccccc2c(CC(C)C)c2c1c1c3c(ccc4c5c(C#N)cccc5n2c43)cc[n+]1C. The summed E-state index contributed by atoms with van der Waals surface area (Å²) in [4.78, 5) is 0. The van der Waals surface area contributed by atoms with Crippen molar-refractivity contribution in [2.24, 2.45) is 13.0 Å². The summed E-state index contributed by atoms with van der Waals surface area (Å²) in [7, 11) is 2.16. The maximum absolute atomic E-state index is 10.0. The lowest BCUT2D eigenvalue weighted by molar-refractivity contribution is -0.643. The van der Waals surface area contributed by atoms with Gasteiger partial charge in [0.1, 0.15) is 7.05 Å². The smallest absolute Gasteiger partial charge is 0.224 e. The molecule has 4 aromatic carbocycles. The number of fused-ring (bicyclic) bond motifs is 7. The van der Waals surface area contributed by atoms with Crippen LogP contribution in [-0.4, -0.2) is 4.40 Å². The average molecular weight is 453 g/mol. The minimum Gasteiger partial charge on any atom is -0.307 e. The first kappa shape index (κ1) is 20.2. The van der Waals surface area contributed by atoms with Gasteiger partial charge >= 0.3 is 0 Å². The van der Waals surface area contributed by atoms with Crippen LogP contribution in [0.5, 0.6) is 0 Å².